The maximum absolute atomic E-state index is 5.77. The average Bonchev–Trinajstić information content (AvgIpc) is 2.56. The Labute approximate surface area is 118 Å². The normalized spacial score (nSPS) is 19.1. The van der Waals surface area contributed by atoms with E-state index in [0.29, 0.717) is 5.92 Å². The fraction of sp³-hybridized carbons (Fsp3) is 0.400. The van der Waals surface area contributed by atoms with E-state index >= 15 is 0 Å². The molecule has 2 N–H and O–H groups in total. The maximum Gasteiger partial charge on any atom is 0.225 e. The molecule has 0 amide bonds. The van der Waals surface area contributed by atoms with Crippen LogP contribution in [0, 0.1) is 5.92 Å². The molecule has 0 saturated carbocycles. The van der Waals surface area contributed by atoms with Gasteiger partial charge in [0.15, 0.2) is 0 Å². The number of hydrogen-bond donors (Lipinski definition) is 1. The topological polar surface area (TPSA) is 67.9 Å². The molecule has 5 nitrogen and oxygen atoms in total. The van der Waals surface area contributed by atoms with Crippen molar-refractivity contribution in [2.24, 2.45) is 11.7 Å². The lowest BCUT2D eigenvalue weighted by Crippen LogP contribution is -2.39. The molecular formula is C15H19N5. The Kier molecular flexibility index (Phi) is 3.87. The Morgan fingerprint density at radius 3 is 2.75 bits per heavy atom. The van der Waals surface area contributed by atoms with Crippen molar-refractivity contribution in [2.45, 2.75) is 12.8 Å². The van der Waals surface area contributed by atoms with Gasteiger partial charge < -0.3 is 10.6 Å². The predicted molar refractivity (Wildman–Crippen MR) is 79.3 cm³/mol. The number of nitrogens with zero attached hydrogens (tertiary/aromatic N) is 4. The first-order valence-corrected chi connectivity index (χ1v) is 7.05. The lowest BCUT2D eigenvalue weighted by molar-refractivity contribution is 0.419. The Bertz CT molecular complexity index is 540. The second-order valence-electron chi connectivity index (χ2n) is 5.18. The predicted octanol–water partition coefficient (Wildman–Crippen LogP) is 1.71. The van der Waals surface area contributed by atoms with Crippen LogP contribution in [0.5, 0.6) is 0 Å². The maximum atomic E-state index is 5.77. The first-order chi connectivity index (χ1) is 9.86. The summed E-state index contributed by atoms with van der Waals surface area (Å²) < 4.78 is 0. The number of anilines is 1. The monoisotopic (exact) mass is 269 g/mol. The van der Waals surface area contributed by atoms with Crippen molar-refractivity contribution in [3.8, 4) is 11.3 Å². The minimum absolute atomic E-state index is 0.558. The third-order valence-corrected chi connectivity index (χ3v) is 3.73. The zero-order chi connectivity index (χ0) is 13.8. The molecule has 0 aliphatic carbocycles. The van der Waals surface area contributed by atoms with Gasteiger partial charge in [-0.3, -0.25) is 4.98 Å². The molecule has 104 valence electrons. The number of hydrogen-bond acceptors (Lipinski definition) is 5. The fourth-order valence-corrected chi connectivity index (χ4v) is 2.59. The summed E-state index contributed by atoms with van der Waals surface area (Å²) in [6.45, 7) is 2.71. The Hall–Kier alpha value is -2.01. The average molecular weight is 269 g/mol. The second kappa shape index (κ2) is 5.96. The van der Waals surface area contributed by atoms with E-state index in [0.717, 1.165) is 43.3 Å². The Morgan fingerprint density at radius 1 is 1.20 bits per heavy atom. The first kappa shape index (κ1) is 13.0. The second-order valence-corrected chi connectivity index (χ2v) is 5.18. The lowest BCUT2D eigenvalue weighted by Gasteiger charge is -2.32. The van der Waals surface area contributed by atoms with E-state index in [4.69, 9.17) is 5.73 Å². The minimum Gasteiger partial charge on any atom is -0.341 e. The summed E-state index contributed by atoms with van der Waals surface area (Å²) in [5.41, 5.74) is 7.61. The number of rotatable bonds is 3. The molecular weight excluding hydrogens is 250 g/mol. The van der Waals surface area contributed by atoms with Crippen molar-refractivity contribution in [3.05, 3.63) is 36.8 Å². The molecule has 0 aromatic carbocycles. The van der Waals surface area contributed by atoms with Gasteiger partial charge in [0.2, 0.25) is 5.95 Å². The number of pyridine rings is 1. The van der Waals surface area contributed by atoms with E-state index in [1.807, 2.05) is 30.6 Å². The van der Waals surface area contributed by atoms with Gasteiger partial charge in [0.05, 0.1) is 5.69 Å². The van der Waals surface area contributed by atoms with Gasteiger partial charge in [-0.15, -0.1) is 0 Å². The molecule has 20 heavy (non-hydrogen) atoms. The molecule has 1 saturated heterocycles. The van der Waals surface area contributed by atoms with Crippen molar-refractivity contribution in [1.82, 2.24) is 15.0 Å². The van der Waals surface area contributed by atoms with Gasteiger partial charge in [0, 0.05) is 37.2 Å². The smallest absolute Gasteiger partial charge is 0.225 e. The third-order valence-electron chi connectivity index (χ3n) is 3.73. The van der Waals surface area contributed by atoms with E-state index in [1.54, 1.807) is 6.20 Å². The molecule has 1 atom stereocenters. The fourth-order valence-electron chi connectivity index (χ4n) is 2.59. The highest BCUT2D eigenvalue weighted by atomic mass is 15.3. The standard InChI is InChI=1S/C15H19N5/c16-8-12-4-3-7-20(11-12)15-18-9-13(10-19-15)14-5-1-2-6-17-14/h1-2,5-6,9-10,12H,3-4,7-8,11,16H2. The molecule has 3 heterocycles. The van der Waals surface area contributed by atoms with Crippen LogP contribution in [0.25, 0.3) is 11.3 Å². The van der Waals surface area contributed by atoms with E-state index in [9.17, 15) is 0 Å². The zero-order valence-corrected chi connectivity index (χ0v) is 11.4. The highest BCUT2D eigenvalue weighted by molar-refractivity contribution is 5.57. The van der Waals surface area contributed by atoms with Crippen LogP contribution in [-0.2, 0) is 0 Å². The largest absolute Gasteiger partial charge is 0.341 e. The Morgan fingerprint density at radius 2 is 2.05 bits per heavy atom. The summed E-state index contributed by atoms with van der Waals surface area (Å²) in [6, 6.07) is 5.83. The summed E-state index contributed by atoms with van der Waals surface area (Å²) >= 11 is 0. The van der Waals surface area contributed by atoms with Gasteiger partial charge >= 0.3 is 0 Å². The van der Waals surface area contributed by atoms with Crippen LogP contribution in [0.4, 0.5) is 5.95 Å². The van der Waals surface area contributed by atoms with Gasteiger partial charge in [-0.25, -0.2) is 9.97 Å². The van der Waals surface area contributed by atoms with Gasteiger partial charge in [0.1, 0.15) is 0 Å². The summed E-state index contributed by atoms with van der Waals surface area (Å²) in [4.78, 5) is 15.5. The molecule has 1 unspecified atom stereocenters. The SMILES string of the molecule is NCC1CCCN(c2ncc(-c3ccccn3)cn2)C1. The van der Waals surface area contributed by atoms with E-state index in [1.165, 1.54) is 6.42 Å². The van der Waals surface area contributed by atoms with Crippen molar-refractivity contribution in [2.75, 3.05) is 24.5 Å². The van der Waals surface area contributed by atoms with Gasteiger partial charge in [-0.2, -0.15) is 0 Å². The first-order valence-electron chi connectivity index (χ1n) is 7.05. The number of piperidine rings is 1. The van der Waals surface area contributed by atoms with E-state index < -0.39 is 0 Å². The minimum atomic E-state index is 0.558. The van der Waals surface area contributed by atoms with Crippen LogP contribution in [0.15, 0.2) is 36.8 Å². The molecule has 0 radical (unpaired) electrons. The zero-order valence-electron chi connectivity index (χ0n) is 11.4. The van der Waals surface area contributed by atoms with Gasteiger partial charge in [-0.05, 0) is 37.4 Å². The van der Waals surface area contributed by atoms with Crippen molar-refractivity contribution < 1.29 is 0 Å². The van der Waals surface area contributed by atoms with E-state index in [-0.39, 0.29) is 0 Å². The highest BCUT2D eigenvalue weighted by Gasteiger charge is 2.20. The quantitative estimate of drug-likeness (QED) is 0.918. The van der Waals surface area contributed by atoms with Crippen LogP contribution in [0.3, 0.4) is 0 Å². The van der Waals surface area contributed by atoms with E-state index in [2.05, 4.69) is 19.9 Å². The number of aromatic nitrogens is 3. The summed E-state index contributed by atoms with van der Waals surface area (Å²) in [5, 5.41) is 0. The lowest BCUT2D eigenvalue weighted by atomic mass is 9.99. The van der Waals surface area contributed by atoms with Gasteiger partial charge in [0.25, 0.3) is 0 Å². The third kappa shape index (κ3) is 2.77. The van der Waals surface area contributed by atoms with Crippen LogP contribution in [0.2, 0.25) is 0 Å². The van der Waals surface area contributed by atoms with Crippen molar-refractivity contribution >= 4 is 5.95 Å². The molecule has 2 aromatic rings. The van der Waals surface area contributed by atoms with Gasteiger partial charge in [-0.1, -0.05) is 6.07 Å². The Balaban J connectivity index is 1.76. The number of nitrogens with two attached hydrogens (primary N) is 1. The van der Waals surface area contributed by atoms with Crippen LogP contribution >= 0.6 is 0 Å². The molecule has 1 fully saturated rings. The van der Waals surface area contributed by atoms with Crippen LogP contribution in [-0.4, -0.2) is 34.6 Å². The molecule has 0 spiro atoms. The molecule has 3 rings (SSSR count). The van der Waals surface area contributed by atoms with Crippen molar-refractivity contribution in [1.29, 1.82) is 0 Å². The van der Waals surface area contributed by atoms with Crippen LogP contribution < -0.4 is 10.6 Å². The molecule has 1 aliphatic rings. The van der Waals surface area contributed by atoms with Crippen LogP contribution in [0.1, 0.15) is 12.8 Å². The molecule has 1 aliphatic heterocycles. The van der Waals surface area contributed by atoms with Crippen molar-refractivity contribution in [3.63, 3.8) is 0 Å². The summed E-state index contributed by atoms with van der Waals surface area (Å²) in [7, 11) is 0. The molecule has 0 bridgehead atoms. The summed E-state index contributed by atoms with van der Waals surface area (Å²) in [6.07, 6.45) is 7.83. The summed E-state index contributed by atoms with van der Waals surface area (Å²) in [5.74, 6) is 1.35. The molecule has 5 heteroatoms. The highest BCUT2D eigenvalue weighted by Crippen LogP contribution is 2.21. The molecule has 2 aromatic heterocycles.